The van der Waals surface area contributed by atoms with Gasteiger partial charge in [-0.3, -0.25) is 4.79 Å². The summed E-state index contributed by atoms with van der Waals surface area (Å²) in [4.78, 5) is 12.1. The first-order valence-corrected chi connectivity index (χ1v) is 11.2. The molecule has 0 N–H and O–H groups in total. The van der Waals surface area contributed by atoms with Crippen molar-refractivity contribution < 1.29 is 17.9 Å². The number of hydrogen-bond acceptors (Lipinski definition) is 6. The highest BCUT2D eigenvalue weighted by Crippen LogP contribution is 2.32. The highest BCUT2D eigenvalue weighted by Gasteiger charge is 2.19. The van der Waals surface area contributed by atoms with Gasteiger partial charge in [0.1, 0.15) is 10.8 Å². The minimum atomic E-state index is -3.92. The summed E-state index contributed by atoms with van der Waals surface area (Å²) in [6, 6.07) is 6.28. The van der Waals surface area contributed by atoms with Gasteiger partial charge in [-0.15, -0.1) is 15.7 Å². The van der Waals surface area contributed by atoms with Crippen LogP contribution >= 0.6 is 45.9 Å². The standard InChI is InChI=1S/C15H12Cl2N2O4S3/c1-2-23-11(20)8-19-13-9(16)5-6-10(17)14(13)25-15(19)18-26(21,22)12-4-3-7-24-12/h3-7H,2,8H2,1H3/b18-15-. The van der Waals surface area contributed by atoms with Gasteiger partial charge in [-0.25, -0.2) is 0 Å². The van der Waals surface area contributed by atoms with Crippen molar-refractivity contribution in [2.24, 2.45) is 4.40 Å². The largest absolute Gasteiger partial charge is 0.465 e. The summed E-state index contributed by atoms with van der Waals surface area (Å²) in [5.41, 5.74) is 0.442. The van der Waals surface area contributed by atoms with E-state index >= 15 is 0 Å². The van der Waals surface area contributed by atoms with Gasteiger partial charge in [0.05, 0.1) is 26.9 Å². The predicted molar refractivity (Wildman–Crippen MR) is 104 cm³/mol. The molecule has 0 spiro atoms. The second-order valence-electron chi connectivity index (χ2n) is 4.98. The minimum absolute atomic E-state index is 0.0939. The number of esters is 1. The Hall–Kier alpha value is -1.39. The highest BCUT2D eigenvalue weighted by atomic mass is 35.5. The Kier molecular flexibility index (Phi) is 5.73. The number of halogens is 2. The zero-order chi connectivity index (χ0) is 18.9. The fraction of sp³-hybridized carbons (Fsp3) is 0.200. The van der Waals surface area contributed by atoms with E-state index in [1.165, 1.54) is 10.6 Å². The highest BCUT2D eigenvalue weighted by molar-refractivity contribution is 7.92. The van der Waals surface area contributed by atoms with Gasteiger partial charge in [0.25, 0.3) is 10.0 Å². The Balaban J connectivity index is 2.28. The number of benzene rings is 1. The van der Waals surface area contributed by atoms with Gasteiger partial charge in [0.15, 0.2) is 0 Å². The Morgan fingerprint density at radius 2 is 2.00 bits per heavy atom. The van der Waals surface area contributed by atoms with Crippen LogP contribution in [0.15, 0.2) is 38.3 Å². The molecule has 0 fully saturated rings. The third-order valence-corrected chi connectivity index (χ3v) is 7.87. The SMILES string of the molecule is CCOC(=O)Cn1/c(=N/S(=O)(=O)c2cccs2)sc2c(Cl)ccc(Cl)c21. The van der Waals surface area contributed by atoms with Crippen molar-refractivity contribution in [2.45, 2.75) is 17.7 Å². The molecular weight excluding hydrogens is 439 g/mol. The number of fused-ring (bicyclic) bond motifs is 1. The Labute approximate surface area is 167 Å². The van der Waals surface area contributed by atoms with Crippen molar-refractivity contribution in [3.8, 4) is 0 Å². The average Bonchev–Trinajstić information content (AvgIpc) is 3.21. The van der Waals surface area contributed by atoms with Crippen LogP contribution in [-0.4, -0.2) is 25.6 Å². The molecule has 0 radical (unpaired) electrons. The van der Waals surface area contributed by atoms with E-state index < -0.39 is 16.0 Å². The summed E-state index contributed by atoms with van der Waals surface area (Å²) in [5, 5.41) is 2.37. The molecule has 1 aromatic carbocycles. The first-order valence-electron chi connectivity index (χ1n) is 7.31. The second-order valence-corrected chi connectivity index (χ2v) is 9.55. The van der Waals surface area contributed by atoms with Crippen LogP contribution in [0.1, 0.15) is 6.92 Å². The summed E-state index contributed by atoms with van der Waals surface area (Å²) in [5.74, 6) is -0.529. The molecule has 2 heterocycles. The number of rotatable bonds is 5. The molecule has 0 aliphatic carbocycles. The van der Waals surface area contributed by atoms with Gasteiger partial charge in [-0.05, 0) is 30.5 Å². The maximum atomic E-state index is 12.5. The zero-order valence-corrected chi connectivity index (χ0v) is 17.3. The zero-order valence-electron chi connectivity index (χ0n) is 13.3. The van der Waals surface area contributed by atoms with Crippen molar-refractivity contribution in [1.82, 2.24) is 4.57 Å². The molecule has 26 heavy (non-hydrogen) atoms. The number of nitrogens with zero attached hydrogens (tertiary/aromatic N) is 2. The smallest absolute Gasteiger partial charge is 0.326 e. The van der Waals surface area contributed by atoms with Crippen LogP contribution in [0.5, 0.6) is 0 Å². The van der Waals surface area contributed by atoms with Gasteiger partial charge in [0.2, 0.25) is 4.80 Å². The fourth-order valence-electron chi connectivity index (χ4n) is 2.22. The number of carbonyl (C=O) groups is 1. The lowest BCUT2D eigenvalue weighted by atomic mass is 10.3. The summed E-state index contributed by atoms with van der Waals surface area (Å²) in [6.45, 7) is 1.66. The number of thiophene rings is 1. The summed E-state index contributed by atoms with van der Waals surface area (Å²) < 4.78 is 36.0. The Morgan fingerprint density at radius 3 is 2.65 bits per heavy atom. The summed E-state index contributed by atoms with van der Waals surface area (Å²) in [6.07, 6.45) is 0. The minimum Gasteiger partial charge on any atom is -0.465 e. The van der Waals surface area contributed by atoms with E-state index in [-0.39, 0.29) is 22.2 Å². The Morgan fingerprint density at radius 1 is 1.27 bits per heavy atom. The number of hydrogen-bond donors (Lipinski definition) is 0. The molecule has 0 aliphatic rings. The van der Waals surface area contributed by atoms with Gasteiger partial charge in [-0.1, -0.05) is 40.6 Å². The summed E-state index contributed by atoms with van der Waals surface area (Å²) >= 11 is 14.6. The molecule has 11 heteroatoms. The van der Waals surface area contributed by atoms with Crippen LogP contribution in [0, 0.1) is 0 Å². The summed E-state index contributed by atoms with van der Waals surface area (Å²) in [7, 11) is -3.92. The first-order chi connectivity index (χ1) is 12.3. The van der Waals surface area contributed by atoms with Crippen LogP contribution in [0.2, 0.25) is 10.0 Å². The van der Waals surface area contributed by atoms with E-state index in [0.717, 1.165) is 22.7 Å². The van der Waals surface area contributed by atoms with E-state index in [0.29, 0.717) is 20.3 Å². The van der Waals surface area contributed by atoms with E-state index in [4.69, 9.17) is 27.9 Å². The van der Waals surface area contributed by atoms with Crippen molar-refractivity contribution >= 4 is 72.1 Å². The monoisotopic (exact) mass is 450 g/mol. The first kappa shape index (κ1) is 19.4. The average molecular weight is 451 g/mol. The molecule has 6 nitrogen and oxygen atoms in total. The third kappa shape index (κ3) is 3.81. The molecule has 2 aromatic heterocycles. The molecule has 0 amide bonds. The van der Waals surface area contributed by atoms with Gasteiger partial charge >= 0.3 is 5.97 Å². The van der Waals surface area contributed by atoms with E-state index in [2.05, 4.69) is 4.40 Å². The van der Waals surface area contributed by atoms with Crippen LogP contribution in [0.3, 0.4) is 0 Å². The molecule has 0 saturated heterocycles. The molecule has 3 rings (SSSR count). The lowest BCUT2D eigenvalue weighted by Gasteiger charge is -2.06. The quantitative estimate of drug-likeness (QED) is 0.551. The lowest BCUT2D eigenvalue weighted by Crippen LogP contribution is -2.23. The second kappa shape index (κ2) is 7.69. The van der Waals surface area contributed by atoms with Crippen molar-refractivity contribution in [3.63, 3.8) is 0 Å². The van der Waals surface area contributed by atoms with E-state index in [9.17, 15) is 13.2 Å². The molecule has 0 unspecified atom stereocenters. The van der Waals surface area contributed by atoms with E-state index in [1.807, 2.05) is 0 Å². The van der Waals surface area contributed by atoms with Crippen LogP contribution in [0.4, 0.5) is 0 Å². The number of sulfonamides is 1. The van der Waals surface area contributed by atoms with Crippen LogP contribution < -0.4 is 4.80 Å². The molecule has 138 valence electrons. The van der Waals surface area contributed by atoms with Gasteiger partial charge in [0, 0.05) is 0 Å². The predicted octanol–water partition coefficient (Wildman–Crippen LogP) is 3.92. The van der Waals surface area contributed by atoms with Gasteiger partial charge < -0.3 is 9.30 Å². The van der Waals surface area contributed by atoms with Crippen molar-refractivity contribution in [3.05, 3.63) is 44.5 Å². The van der Waals surface area contributed by atoms with Crippen LogP contribution in [0.25, 0.3) is 10.2 Å². The van der Waals surface area contributed by atoms with Crippen molar-refractivity contribution in [2.75, 3.05) is 6.61 Å². The van der Waals surface area contributed by atoms with Gasteiger partial charge in [-0.2, -0.15) is 8.42 Å². The molecule has 0 bridgehead atoms. The lowest BCUT2D eigenvalue weighted by molar-refractivity contribution is -0.143. The molecule has 0 atom stereocenters. The number of ether oxygens (including phenoxy) is 1. The maximum Gasteiger partial charge on any atom is 0.326 e. The molecular formula is C15H12Cl2N2O4S3. The normalized spacial score (nSPS) is 12.7. The third-order valence-electron chi connectivity index (χ3n) is 3.27. The topological polar surface area (TPSA) is 77.7 Å². The number of thiazole rings is 1. The number of carbonyl (C=O) groups excluding carboxylic acids is 1. The van der Waals surface area contributed by atoms with Crippen LogP contribution in [-0.2, 0) is 26.1 Å². The fourth-order valence-corrected chi connectivity index (χ4v) is 6.04. The molecule has 0 aliphatic heterocycles. The number of aromatic nitrogens is 1. The Bertz CT molecular complexity index is 1130. The maximum absolute atomic E-state index is 12.5. The van der Waals surface area contributed by atoms with E-state index in [1.54, 1.807) is 30.5 Å². The molecule has 0 saturated carbocycles. The van der Waals surface area contributed by atoms with Crippen molar-refractivity contribution in [1.29, 1.82) is 0 Å². The molecule has 3 aromatic rings.